The zero-order valence-electron chi connectivity index (χ0n) is 13.1. The molecule has 0 radical (unpaired) electrons. The van der Waals surface area contributed by atoms with Crippen molar-refractivity contribution in [1.82, 2.24) is 4.98 Å². The molecule has 0 spiro atoms. The van der Waals surface area contributed by atoms with E-state index in [0.717, 1.165) is 28.2 Å². The van der Waals surface area contributed by atoms with E-state index in [9.17, 15) is 0 Å². The van der Waals surface area contributed by atoms with Crippen LogP contribution in [0.1, 0.15) is 11.1 Å². The molecule has 3 heteroatoms. The number of anilines is 3. The van der Waals surface area contributed by atoms with Crippen LogP contribution in [0.2, 0.25) is 0 Å². The van der Waals surface area contributed by atoms with Gasteiger partial charge in [0, 0.05) is 11.9 Å². The number of nitrogen functional groups attached to an aromatic ring is 1. The van der Waals surface area contributed by atoms with Crippen molar-refractivity contribution in [3.8, 4) is 0 Å². The quantitative estimate of drug-likeness (QED) is 0.705. The lowest BCUT2D eigenvalue weighted by molar-refractivity contribution is 1.23. The number of nitrogens with two attached hydrogens (primary N) is 1. The number of hydrogen-bond donors (Lipinski definition) is 1. The molecular weight excluding hydrogens is 282 g/mol. The summed E-state index contributed by atoms with van der Waals surface area (Å²) in [6.45, 7) is 6.34. The van der Waals surface area contributed by atoms with Crippen molar-refractivity contribution in [3.05, 3.63) is 90.8 Å². The fraction of sp³-hybridized carbons (Fsp3) is 0.0500. The maximum Gasteiger partial charge on any atom is 0.0694 e. The molecule has 1 aromatic heterocycles. The maximum atomic E-state index is 6.24. The van der Waals surface area contributed by atoms with Gasteiger partial charge in [-0.2, -0.15) is 0 Å². The predicted molar refractivity (Wildman–Crippen MR) is 97.4 cm³/mol. The van der Waals surface area contributed by atoms with Crippen LogP contribution in [0.4, 0.5) is 17.1 Å². The van der Waals surface area contributed by atoms with Crippen molar-refractivity contribution < 1.29 is 0 Å². The molecule has 23 heavy (non-hydrogen) atoms. The van der Waals surface area contributed by atoms with Crippen molar-refractivity contribution in [3.63, 3.8) is 0 Å². The molecule has 0 saturated carbocycles. The molecule has 0 aliphatic carbocycles. The molecule has 0 fully saturated rings. The molecule has 1 heterocycles. The number of hydrogen-bond acceptors (Lipinski definition) is 3. The highest BCUT2D eigenvalue weighted by atomic mass is 15.2. The third-order valence-electron chi connectivity index (χ3n) is 3.71. The van der Waals surface area contributed by atoms with Gasteiger partial charge in [0.2, 0.25) is 0 Å². The molecule has 3 rings (SSSR count). The Balaban J connectivity index is 2.15. The summed E-state index contributed by atoms with van der Waals surface area (Å²) in [7, 11) is 0. The smallest absolute Gasteiger partial charge is 0.0694 e. The van der Waals surface area contributed by atoms with Crippen molar-refractivity contribution in [2.75, 3.05) is 10.6 Å². The number of benzene rings is 2. The minimum Gasteiger partial charge on any atom is -0.397 e. The van der Waals surface area contributed by atoms with Gasteiger partial charge in [-0.25, -0.2) is 0 Å². The molecule has 3 nitrogen and oxygen atoms in total. The van der Waals surface area contributed by atoms with Gasteiger partial charge < -0.3 is 10.6 Å². The average molecular weight is 301 g/mol. The summed E-state index contributed by atoms with van der Waals surface area (Å²) in [4.78, 5) is 6.28. The van der Waals surface area contributed by atoms with E-state index in [-0.39, 0.29) is 0 Å². The van der Waals surface area contributed by atoms with Crippen LogP contribution in [0, 0.1) is 6.92 Å². The van der Waals surface area contributed by atoms with E-state index in [0.29, 0.717) is 5.69 Å². The number of aryl methyl sites for hydroxylation is 1. The summed E-state index contributed by atoms with van der Waals surface area (Å²) in [6.07, 6.45) is 3.57. The van der Waals surface area contributed by atoms with Gasteiger partial charge >= 0.3 is 0 Å². The highest BCUT2D eigenvalue weighted by molar-refractivity contribution is 5.91. The van der Waals surface area contributed by atoms with Crippen LogP contribution in [-0.4, -0.2) is 4.98 Å². The first-order valence-corrected chi connectivity index (χ1v) is 7.47. The van der Waals surface area contributed by atoms with Gasteiger partial charge in [0.15, 0.2) is 0 Å². The van der Waals surface area contributed by atoms with Gasteiger partial charge in [-0.1, -0.05) is 43.0 Å². The third kappa shape index (κ3) is 3.09. The molecule has 0 aliphatic rings. The van der Waals surface area contributed by atoms with Crippen molar-refractivity contribution in [1.29, 1.82) is 0 Å². The van der Waals surface area contributed by atoms with Gasteiger partial charge in [-0.3, -0.25) is 4.98 Å². The summed E-state index contributed by atoms with van der Waals surface area (Å²) >= 11 is 0. The van der Waals surface area contributed by atoms with Crippen LogP contribution in [0.5, 0.6) is 0 Å². The Hall–Kier alpha value is -3.07. The van der Waals surface area contributed by atoms with E-state index >= 15 is 0 Å². The predicted octanol–water partition coefficient (Wildman–Crippen LogP) is 4.78. The molecule has 0 unspecified atom stereocenters. The van der Waals surface area contributed by atoms with E-state index in [1.54, 1.807) is 6.20 Å². The minimum absolute atomic E-state index is 0.705. The van der Waals surface area contributed by atoms with Crippen LogP contribution in [0.25, 0.3) is 5.70 Å². The third-order valence-corrected chi connectivity index (χ3v) is 3.71. The highest BCUT2D eigenvalue weighted by Gasteiger charge is 2.17. The Kier molecular flexibility index (Phi) is 4.11. The Bertz CT molecular complexity index is 811. The summed E-state index contributed by atoms with van der Waals surface area (Å²) in [5.74, 6) is 0. The summed E-state index contributed by atoms with van der Waals surface area (Å²) in [5.41, 5.74) is 11.8. The molecule has 0 bridgehead atoms. The Morgan fingerprint density at radius 2 is 1.83 bits per heavy atom. The second-order valence-electron chi connectivity index (χ2n) is 5.42. The molecular formula is C20H19N3. The molecule has 3 aromatic rings. The Morgan fingerprint density at radius 3 is 2.52 bits per heavy atom. The van der Waals surface area contributed by atoms with Gasteiger partial charge in [-0.05, 0) is 42.3 Å². The molecule has 0 aliphatic heterocycles. The Morgan fingerprint density at radius 1 is 1.04 bits per heavy atom. The standard InChI is InChI=1S/C20H19N3/c1-15-10-11-19(21)20(13-15)23(18-9-6-12-22-14-18)16(2)17-7-4-3-5-8-17/h3-14H,2,21H2,1H3. The minimum atomic E-state index is 0.705. The van der Waals surface area contributed by atoms with Crippen LogP contribution < -0.4 is 10.6 Å². The van der Waals surface area contributed by atoms with Crippen LogP contribution in [0.3, 0.4) is 0 Å². The highest BCUT2D eigenvalue weighted by Crippen LogP contribution is 2.37. The summed E-state index contributed by atoms with van der Waals surface area (Å²) < 4.78 is 0. The zero-order chi connectivity index (χ0) is 16.2. The van der Waals surface area contributed by atoms with E-state index < -0.39 is 0 Å². The topological polar surface area (TPSA) is 42.2 Å². The van der Waals surface area contributed by atoms with E-state index in [1.807, 2.05) is 65.7 Å². The van der Waals surface area contributed by atoms with Gasteiger partial charge in [0.1, 0.15) is 0 Å². The fourth-order valence-corrected chi connectivity index (χ4v) is 2.53. The molecule has 0 atom stereocenters. The largest absolute Gasteiger partial charge is 0.397 e. The summed E-state index contributed by atoms with van der Waals surface area (Å²) in [5, 5.41) is 0. The SMILES string of the molecule is C=C(c1ccccc1)N(c1cccnc1)c1cc(C)ccc1N. The first-order valence-electron chi connectivity index (χ1n) is 7.47. The molecule has 0 amide bonds. The second-order valence-corrected chi connectivity index (χ2v) is 5.42. The van der Waals surface area contributed by atoms with E-state index in [4.69, 9.17) is 5.73 Å². The first-order chi connectivity index (χ1) is 11.2. The monoisotopic (exact) mass is 301 g/mol. The molecule has 2 N–H and O–H groups in total. The van der Waals surface area contributed by atoms with Crippen LogP contribution in [-0.2, 0) is 0 Å². The number of aromatic nitrogens is 1. The molecule has 2 aromatic carbocycles. The molecule has 114 valence electrons. The van der Waals surface area contributed by atoms with Crippen molar-refractivity contribution >= 4 is 22.8 Å². The second kappa shape index (κ2) is 6.36. The zero-order valence-corrected chi connectivity index (χ0v) is 13.1. The fourth-order valence-electron chi connectivity index (χ4n) is 2.53. The normalized spacial score (nSPS) is 10.3. The number of rotatable bonds is 4. The van der Waals surface area contributed by atoms with Crippen molar-refractivity contribution in [2.45, 2.75) is 6.92 Å². The van der Waals surface area contributed by atoms with Crippen LogP contribution >= 0.6 is 0 Å². The van der Waals surface area contributed by atoms with Gasteiger partial charge in [0.25, 0.3) is 0 Å². The maximum absolute atomic E-state index is 6.24. The van der Waals surface area contributed by atoms with E-state index in [2.05, 4.69) is 24.6 Å². The molecule has 0 saturated heterocycles. The van der Waals surface area contributed by atoms with E-state index in [1.165, 1.54) is 0 Å². The Labute approximate surface area is 136 Å². The van der Waals surface area contributed by atoms with Gasteiger partial charge in [0.05, 0.1) is 23.3 Å². The lowest BCUT2D eigenvalue weighted by Crippen LogP contribution is -2.16. The van der Waals surface area contributed by atoms with Crippen LogP contribution in [0.15, 0.2) is 79.6 Å². The van der Waals surface area contributed by atoms with Crippen molar-refractivity contribution in [2.24, 2.45) is 0 Å². The summed E-state index contributed by atoms with van der Waals surface area (Å²) in [6, 6.07) is 20.0. The number of nitrogens with zero attached hydrogens (tertiary/aromatic N) is 2. The van der Waals surface area contributed by atoms with Gasteiger partial charge in [-0.15, -0.1) is 0 Å². The first kappa shape index (κ1) is 14.9. The lowest BCUT2D eigenvalue weighted by Gasteiger charge is -2.28. The average Bonchev–Trinajstić information content (AvgIpc) is 2.60. The lowest BCUT2D eigenvalue weighted by atomic mass is 10.1. The number of pyridine rings is 1.